The number of nitrogens with zero attached hydrogens (tertiary/aromatic N) is 7. The van der Waals surface area contributed by atoms with Gasteiger partial charge in [-0.15, -0.1) is 5.10 Å². The molecule has 156 valence electrons. The van der Waals surface area contributed by atoms with E-state index in [9.17, 15) is 0 Å². The zero-order valence-electron chi connectivity index (χ0n) is 16.6. The predicted molar refractivity (Wildman–Crippen MR) is 113 cm³/mol. The molecule has 1 saturated heterocycles. The fourth-order valence-electron chi connectivity index (χ4n) is 4.48. The molecule has 1 saturated carbocycles. The van der Waals surface area contributed by atoms with Gasteiger partial charge in [0.05, 0.1) is 29.7 Å². The van der Waals surface area contributed by atoms with Crippen LogP contribution in [0.3, 0.4) is 0 Å². The van der Waals surface area contributed by atoms with Crippen LogP contribution in [0.5, 0.6) is 5.75 Å². The molecule has 1 aromatic carbocycles. The Morgan fingerprint density at radius 1 is 1.07 bits per heavy atom. The second kappa shape index (κ2) is 8.55. The van der Waals surface area contributed by atoms with Gasteiger partial charge in [0, 0.05) is 13.1 Å². The molecule has 9 heteroatoms. The lowest BCUT2D eigenvalue weighted by Crippen LogP contribution is -2.35. The van der Waals surface area contributed by atoms with Crippen LogP contribution in [0.2, 0.25) is 5.02 Å². The lowest BCUT2D eigenvalue weighted by atomic mass is 9.90. The van der Waals surface area contributed by atoms with Crippen molar-refractivity contribution in [1.29, 1.82) is 0 Å². The molecule has 1 aliphatic heterocycles. The summed E-state index contributed by atoms with van der Waals surface area (Å²) in [5, 5.41) is 11.8. The number of anilines is 1. The van der Waals surface area contributed by atoms with Crippen molar-refractivity contribution in [2.45, 2.75) is 25.7 Å². The van der Waals surface area contributed by atoms with Crippen LogP contribution in [0.25, 0.3) is 5.69 Å². The maximum Gasteiger partial charge on any atom is 0.225 e. The Balaban J connectivity index is 1.03. The second-order valence-electron chi connectivity index (χ2n) is 8.07. The number of piperidine rings is 1. The number of rotatable bonds is 7. The summed E-state index contributed by atoms with van der Waals surface area (Å²) in [6.07, 6.45) is 9.82. The largest absolute Gasteiger partial charge is 0.494 e. The standard InChI is InChI=1S/C21H24ClN7O/c22-17-12-23-21(24-13-17)28-8-5-15(6-9-28)20-11-16(20)7-10-30-19-3-1-18(2-4-19)29-14-25-26-27-29/h1-4,12-16,20H,5-11H2/t16-,20-/m1/s1. The minimum Gasteiger partial charge on any atom is -0.494 e. The van der Waals surface area contributed by atoms with E-state index in [1.54, 1.807) is 23.4 Å². The van der Waals surface area contributed by atoms with E-state index < -0.39 is 0 Å². The predicted octanol–water partition coefficient (Wildman–Crippen LogP) is 3.43. The van der Waals surface area contributed by atoms with E-state index in [-0.39, 0.29) is 0 Å². The van der Waals surface area contributed by atoms with E-state index in [2.05, 4.69) is 30.4 Å². The quantitative estimate of drug-likeness (QED) is 0.573. The Labute approximate surface area is 180 Å². The molecule has 2 fully saturated rings. The topological polar surface area (TPSA) is 81.9 Å². The Morgan fingerprint density at radius 2 is 1.83 bits per heavy atom. The van der Waals surface area contributed by atoms with Gasteiger partial charge in [-0.2, -0.15) is 0 Å². The van der Waals surface area contributed by atoms with Gasteiger partial charge in [-0.25, -0.2) is 14.6 Å². The van der Waals surface area contributed by atoms with E-state index >= 15 is 0 Å². The molecule has 0 amide bonds. The third-order valence-corrected chi connectivity index (χ3v) is 6.41. The summed E-state index contributed by atoms with van der Waals surface area (Å²) >= 11 is 5.89. The Morgan fingerprint density at radius 3 is 2.53 bits per heavy atom. The second-order valence-corrected chi connectivity index (χ2v) is 8.51. The van der Waals surface area contributed by atoms with E-state index in [0.717, 1.165) is 61.3 Å². The van der Waals surface area contributed by atoms with Crippen LogP contribution in [0, 0.1) is 17.8 Å². The average molecular weight is 426 g/mol. The summed E-state index contributed by atoms with van der Waals surface area (Å²) in [6.45, 7) is 2.82. The van der Waals surface area contributed by atoms with Crippen molar-refractivity contribution in [3.63, 3.8) is 0 Å². The first-order valence-electron chi connectivity index (χ1n) is 10.4. The summed E-state index contributed by atoms with van der Waals surface area (Å²) < 4.78 is 7.58. The van der Waals surface area contributed by atoms with Gasteiger partial charge >= 0.3 is 0 Å². The van der Waals surface area contributed by atoms with Crippen molar-refractivity contribution in [3.05, 3.63) is 48.0 Å². The third kappa shape index (κ3) is 4.38. The minimum atomic E-state index is 0.583. The Kier molecular flexibility index (Phi) is 5.48. The molecule has 1 aliphatic carbocycles. The molecule has 8 nitrogen and oxygen atoms in total. The smallest absolute Gasteiger partial charge is 0.225 e. The van der Waals surface area contributed by atoms with Crippen molar-refractivity contribution >= 4 is 17.5 Å². The maximum absolute atomic E-state index is 5.95. The normalized spacial score (nSPS) is 21.6. The zero-order valence-corrected chi connectivity index (χ0v) is 17.4. The van der Waals surface area contributed by atoms with Crippen LogP contribution >= 0.6 is 11.6 Å². The molecule has 5 rings (SSSR count). The molecule has 3 heterocycles. The first-order valence-corrected chi connectivity index (χ1v) is 10.8. The molecule has 2 aromatic heterocycles. The van der Waals surface area contributed by atoms with Gasteiger partial charge in [0.1, 0.15) is 12.1 Å². The van der Waals surface area contributed by atoms with Gasteiger partial charge in [-0.1, -0.05) is 11.6 Å². The van der Waals surface area contributed by atoms with Crippen LogP contribution in [-0.4, -0.2) is 49.9 Å². The van der Waals surface area contributed by atoms with E-state index in [0.29, 0.717) is 5.02 Å². The molecule has 0 spiro atoms. The maximum atomic E-state index is 5.95. The van der Waals surface area contributed by atoms with Crippen molar-refractivity contribution in [2.24, 2.45) is 17.8 Å². The number of tetrazole rings is 1. The number of aromatic nitrogens is 6. The molecular formula is C21H24ClN7O. The molecule has 0 bridgehead atoms. The molecule has 2 atom stereocenters. The van der Waals surface area contributed by atoms with Crippen LogP contribution in [0.4, 0.5) is 5.95 Å². The summed E-state index contributed by atoms with van der Waals surface area (Å²) in [5.41, 5.74) is 0.921. The molecule has 30 heavy (non-hydrogen) atoms. The monoisotopic (exact) mass is 425 g/mol. The van der Waals surface area contributed by atoms with Crippen LogP contribution in [0.1, 0.15) is 25.7 Å². The highest BCUT2D eigenvalue weighted by Crippen LogP contribution is 2.49. The molecule has 3 aromatic rings. The van der Waals surface area contributed by atoms with Crippen molar-refractivity contribution < 1.29 is 4.74 Å². The highest BCUT2D eigenvalue weighted by molar-refractivity contribution is 6.30. The third-order valence-electron chi connectivity index (χ3n) is 6.22. The van der Waals surface area contributed by atoms with Crippen molar-refractivity contribution in [3.8, 4) is 11.4 Å². The Hall–Kier alpha value is -2.74. The van der Waals surface area contributed by atoms with E-state index in [4.69, 9.17) is 16.3 Å². The summed E-state index contributed by atoms with van der Waals surface area (Å²) in [6, 6.07) is 7.86. The van der Waals surface area contributed by atoms with E-state index in [1.807, 2.05) is 24.3 Å². The van der Waals surface area contributed by atoms with Gasteiger partial charge in [0.2, 0.25) is 5.95 Å². The highest BCUT2D eigenvalue weighted by Gasteiger charge is 2.43. The van der Waals surface area contributed by atoms with Crippen LogP contribution < -0.4 is 9.64 Å². The zero-order chi connectivity index (χ0) is 20.3. The molecular weight excluding hydrogens is 402 g/mol. The molecule has 0 N–H and O–H groups in total. The highest BCUT2D eigenvalue weighted by atomic mass is 35.5. The number of hydrogen-bond donors (Lipinski definition) is 0. The summed E-state index contributed by atoms with van der Waals surface area (Å²) in [5.74, 6) is 4.15. The van der Waals surface area contributed by atoms with Crippen molar-refractivity contribution in [1.82, 2.24) is 30.2 Å². The van der Waals surface area contributed by atoms with Gasteiger partial charge in [0.15, 0.2) is 0 Å². The number of hydrogen-bond acceptors (Lipinski definition) is 7. The van der Waals surface area contributed by atoms with Gasteiger partial charge in [-0.3, -0.25) is 0 Å². The average Bonchev–Trinajstić information content (AvgIpc) is 3.34. The SMILES string of the molecule is Clc1cnc(N2CCC([C@H]3C[C@H]3CCOc3ccc(-n4cnnn4)cc3)CC2)nc1. The lowest BCUT2D eigenvalue weighted by Gasteiger charge is -2.32. The number of ether oxygens (including phenoxy) is 1. The number of halogens is 1. The van der Waals surface area contributed by atoms with Gasteiger partial charge in [-0.05, 0) is 78.1 Å². The van der Waals surface area contributed by atoms with Gasteiger partial charge < -0.3 is 9.64 Å². The first-order chi connectivity index (χ1) is 14.8. The Bertz CT molecular complexity index is 941. The van der Waals surface area contributed by atoms with E-state index in [1.165, 1.54) is 19.3 Å². The summed E-state index contributed by atoms with van der Waals surface area (Å²) in [7, 11) is 0. The van der Waals surface area contributed by atoms with Crippen molar-refractivity contribution in [2.75, 3.05) is 24.6 Å². The van der Waals surface area contributed by atoms with Crippen LogP contribution in [-0.2, 0) is 0 Å². The van der Waals surface area contributed by atoms with Crippen LogP contribution in [0.15, 0.2) is 43.0 Å². The fraction of sp³-hybridized carbons (Fsp3) is 0.476. The molecule has 0 unspecified atom stereocenters. The summed E-state index contributed by atoms with van der Waals surface area (Å²) in [4.78, 5) is 11.0. The number of benzene rings is 1. The fourth-order valence-corrected chi connectivity index (χ4v) is 4.58. The molecule has 0 radical (unpaired) electrons. The van der Waals surface area contributed by atoms with Gasteiger partial charge in [0.25, 0.3) is 0 Å². The first kappa shape index (κ1) is 19.2. The lowest BCUT2D eigenvalue weighted by molar-refractivity contribution is 0.284. The molecule has 2 aliphatic rings. The minimum absolute atomic E-state index is 0.583.